The number of anilines is 2. The zero-order valence-corrected chi connectivity index (χ0v) is 9.77. The normalized spacial score (nSPS) is 19.1. The van der Waals surface area contributed by atoms with Crippen LogP contribution in [-0.4, -0.2) is 12.6 Å². The third-order valence-corrected chi connectivity index (χ3v) is 3.18. The zero-order valence-electron chi connectivity index (χ0n) is 9.77. The molecular weight excluding hydrogens is 188 g/mol. The van der Waals surface area contributed by atoms with Gasteiger partial charge in [0.25, 0.3) is 0 Å². The van der Waals surface area contributed by atoms with E-state index in [9.17, 15) is 0 Å². The molecule has 3 heteroatoms. The van der Waals surface area contributed by atoms with E-state index < -0.39 is 0 Å². The predicted octanol–water partition coefficient (Wildman–Crippen LogP) is 2.39. The number of fused-ring (bicyclic) bond motifs is 1. The fourth-order valence-corrected chi connectivity index (χ4v) is 2.00. The molecule has 1 aliphatic rings. The Labute approximate surface area is 90.6 Å². The molecule has 1 atom stereocenters. The highest BCUT2D eigenvalue weighted by atomic mass is 16.5. The van der Waals surface area contributed by atoms with Crippen molar-refractivity contribution in [2.24, 2.45) is 0 Å². The Bertz CT molecular complexity index is 413. The molecule has 0 aromatic heterocycles. The highest BCUT2D eigenvalue weighted by molar-refractivity contribution is 5.76. The molecule has 0 spiro atoms. The second-order valence-electron chi connectivity index (χ2n) is 4.35. The van der Waals surface area contributed by atoms with Crippen LogP contribution in [0.25, 0.3) is 0 Å². The summed E-state index contributed by atoms with van der Waals surface area (Å²) in [5.41, 5.74) is 11.4. The molecule has 0 saturated heterocycles. The summed E-state index contributed by atoms with van der Waals surface area (Å²) in [6.07, 6.45) is 0. The Morgan fingerprint density at radius 3 is 2.53 bits per heavy atom. The maximum Gasteiger partial charge on any atom is 0.147 e. The van der Waals surface area contributed by atoms with E-state index in [2.05, 4.69) is 26.1 Å². The van der Waals surface area contributed by atoms with Crippen molar-refractivity contribution in [2.45, 2.75) is 33.7 Å². The number of hydrogen-bond donors (Lipinski definition) is 2. The third kappa shape index (κ3) is 1.42. The highest BCUT2D eigenvalue weighted by Crippen LogP contribution is 2.40. The van der Waals surface area contributed by atoms with Gasteiger partial charge in [-0.3, -0.25) is 0 Å². The smallest absolute Gasteiger partial charge is 0.147 e. The maximum atomic E-state index is 6.03. The number of nitrogens with two attached hydrogens (primary N) is 1. The predicted molar refractivity (Wildman–Crippen MR) is 63.6 cm³/mol. The fraction of sp³-hybridized carbons (Fsp3) is 0.500. The standard InChI is InChI=1S/C12H18N2O/c1-6-5-15-12-9(4)10(13)7(2)8(3)11(12)14-6/h6,14H,5,13H2,1-4H3. The molecule has 1 aliphatic heterocycles. The number of hydrogen-bond acceptors (Lipinski definition) is 3. The average Bonchev–Trinajstić information content (AvgIpc) is 2.23. The maximum absolute atomic E-state index is 6.03. The summed E-state index contributed by atoms with van der Waals surface area (Å²) in [5, 5.41) is 3.46. The van der Waals surface area contributed by atoms with E-state index in [-0.39, 0.29) is 0 Å². The Kier molecular flexibility index (Phi) is 2.25. The van der Waals surface area contributed by atoms with Crippen LogP contribution in [0.2, 0.25) is 0 Å². The Morgan fingerprint density at radius 1 is 1.20 bits per heavy atom. The summed E-state index contributed by atoms with van der Waals surface area (Å²) < 4.78 is 5.74. The lowest BCUT2D eigenvalue weighted by molar-refractivity contribution is 0.290. The van der Waals surface area contributed by atoms with E-state index in [1.54, 1.807) is 0 Å². The van der Waals surface area contributed by atoms with E-state index in [0.717, 1.165) is 28.3 Å². The van der Waals surface area contributed by atoms with E-state index in [1.165, 1.54) is 5.56 Å². The van der Waals surface area contributed by atoms with Gasteiger partial charge in [-0.1, -0.05) is 0 Å². The minimum absolute atomic E-state index is 0.360. The van der Waals surface area contributed by atoms with Crippen molar-refractivity contribution in [3.05, 3.63) is 16.7 Å². The van der Waals surface area contributed by atoms with Gasteiger partial charge in [-0.2, -0.15) is 0 Å². The van der Waals surface area contributed by atoms with E-state index in [0.29, 0.717) is 12.6 Å². The monoisotopic (exact) mass is 206 g/mol. The minimum Gasteiger partial charge on any atom is -0.489 e. The van der Waals surface area contributed by atoms with E-state index >= 15 is 0 Å². The molecule has 0 fully saturated rings. The minimum atomic E-state index is 0.360. The summed E-state index contributed by atoms with van der Waals surface area (Å²) in [5.74, 6) is 0.925. The summed E-state index contributed by atoms with van der Waals surface area (Å²) in [7, 11) is 0. The van der Waals surface area contributed by atoms with Crippen LogP contribution < -0.4 is 15.8 Å². The van der Waals surface area contributed by atoms with Crippen molar-refractivity contribution < 1.29 is 4.74 Å². The van der Waals surface area contributed by atoms with Crippen LogP contribution in [-0.2, 0) is 0 Å². The lowest BCUT2D eigenvalue weighted by atomic mass is 9.99. The van der Waals surface area contributed by atoms with Gasteiger partial charge < -0.3 is 15.8 Å². The number of rotatable bonds is 0. The number of nitrogens with one attached hydrogen (secondary N) is 1. The second kappa shape index (κ2) is 3.33. The van der Waals surface area contributed by atoms with Gasteiger partial charge in [-0.05, 0) is 38.8 Å². The lowest BCUT2D eigenvalue weighted by Crippen LogP contribution is -2.29. The van der Waals surface area contributed by atoms with Gasteiger partial charge >= 0.3 is 0 Å². The van der Waals surface area contributed by atoms with Gasteiger partial charge in [0.2, 0.25) is 0 Å². The molecule has 1 aromatic rings. The van der Waals surface area contributed by atoms with Crippen molar-refractivity contribution in [1.29, 1.82) is 0 Å². The topological polar surface area (TPSA) is 47.3 Å². The molecule has 3 N–H and O–H groups in total. The molecule has 0 radical (unpaired) electrons. The van der Waals surface area contributed by atoms with Crippen LogP contribution in [0.1, 0.15) is 23.6 Å². The molecule has 1 heterocycles. The van der Waals surface area contributed by atoms with Crippen LogP contribution in [0.15, 0.2) is 0 Å². The summed E-state index contributed by atoms with van der Waals surface area (Å²) >= 11 is 0. The summed E-state index contributed by atoms with van der Waals surface area (Å²) in [4.78, 5) is 0. The average molecular weight is 206 g/mol. The van der Waals surface area contributed by atoms with Gasteiger partial charge in [-0.25, -0.2) is 0 Å². The van der Waals surface area contributed by atoms with Gasteiger partial charge in [0.05, 0.1) is 11.7 Å². The molecule has 2 rings (SSSR count). The van der Waals surface area contributed by atoms with Crippen molar-refractivity contribution in [3.8, 4) is 5.75 Å². The highest BCUT2D eigenvalue weighted by Gasteiger charge is 2.22. The Hall–Kier alpha value is -1.38. The summed E-state index contributed by atoms with van der Waals surface area (Å²) in [6.45, 7) is 8.97. The van der Waals surface area contributed by atoms with Crippen molar-refractivity contribution in [2.75, 3.05) is 17.7 Å². The van der Waals surface area contributed by atoms with Gasteiger partial charge in [-0.15, -0.1) is 0 Å². The zero-order chi connectivity index (χ0) is 11.2. The molecule has 1 aromatic carbocycles. The first-order valence-corrected chi connectivity index (χ1v) is 5.31. The SMILES string of the molecule is Cc1c(C)c2c(c(C)c1N)OCC(C)N2. The van der Waals surface area contributed by atoms with E-state index in [1.807, 2.05) is 6.92 Å². The fourth-order valence-electron chi connectivity index (χ4n) is 2.00. The van der Waals surface area contributed by atoms with E-state index in [4.69, 9.17) is 10.5 Å². The van der Waals surface area contributed by atoms with Crippen molar-refractivity contribution in [3.63, 3.8) is 0 Å². The van der Waals surface area contributed by atoms with Crippen LogP contribution in [0.4, 0.5) is 11.4 Å². The second-order valence-corrected chi connectivity index (χ2v) is 4.35. The molecule has 0 amide bonds. The molecular formula is C12H18N2O. The van der Waals surface area contributed by atoms with Crippen molar-refractivity contribution in [1.82, 2.24) is 0 Å². The van der Waals surface area contributed by atoms with Crippen LogP contribution in [0, 0.1) is 20.8 Å². The summed E-state index contributed by atoms with van der Waals surface area (Å²) in [6, 6.07) is 0.360. The van der Waals surface area contributed by atoms with Crippen molar-refractivity contribution >= 4 is 11.4 Å². The number of nitrogen functional groups attached to an aromatic ring is 1. The molecule has 0 bridgehead atoms. The lowest BCUT2D eigenvalue weighted by Gasteiger charge is -2.29. The largest absolute Gasteiger partial charge is 0.489 e. The molecule has 15 heavy (non-hydrogen) atoms. The van der Waals surface area contributed by atoms with Gasteiger partial charge in [0.1, 0.15) is 12.4 Å². The first-order valence-electron chi connectivity index (χ1n) is 5.31. The quantitative estimate of drug-likeness (QED) is 0.641. The van der Waals surface area contributed by atoms with Gasteiger partial charge in [0.15, 0.2) is 0 Å². The Morgan fingerprint density at radius 2 is 1.87 bits per heavy atom. The molecule has 0 saturated carbocycles. The molecule has 1 unspecified atom stereocenters. The third-order valence-electron chi connectivity index (χ3n) is 3.18. The van der Waals surface area contributed by atoms with Crippen LogP contribution >= 0.6 is 0 Å². The van der Waals surface area contributed by atoms with Crippen LogP contribution in [0.5, 0.6) is 5.75 Å². The van der Waals surface area contributed by atoms with Gasteiger partial charge in [0, 0.05) is 11.3 Å². The first kappa shape index (κ1) is 10.1. The molecule has 82 valence electrons. The molecule has 0 aliphatic carbocycles. The van der Waals surface area contributed by atoms with Crippen LogP contribution in [0.3, 0.4) is 0 Å². The Balaban J connectivity index is 2.65. The number of benzene rings is 1. The molecule has 3 nitrogen and oxygen atoms in total. The number of ether oxygens (including phenoxy) is 1. The first-order chi connectivity index (χ1) is 7.02.